The molecule has 0 spiro atoms. The summed E-state index contributed by atoms with van der Waals surface area (Å²) in [6.45, 7) is 0. The molecule has 0 atom stereocenters. The van der Waals surface area contributed by atoms with Gasteiger partial charge < -0.3 is 4.57 Å². The third kappa shape index (κ3) is 4.61. The Morgan fingerprint density at radius 1 is 0.440 bits per heavy atom. The van der Waals surface area contributed by atoms with Gasteiger partial charge in [0.15, 0.2) is 17.5 Å². The van der Waals surface area contributed by atoms with Crippen LogP contribution in [0.2, 0.25) is 0 Å². The van der Waals surface area contributed by atoms with E-state index >= 15 is 0 Å². The lowest BCUT2D eigenvalue weighted by molar-refractivity contribution is 1.06. The SMILES string of the molecule is c1ccc(-c2nc(-c3ccccc3)nc(-c3cnccc3-n3c4ccccc4c4cc(-c5cccc6c5sc5ccccc56)ccc43)n2)cc1. The van der Waals surface area contributed by atoms with Crippen LogP contribution in [-0.2, 0) is 0 Å². The standard InChI is InChI=1S/C44H27N5S/c1-3-12-28(13-4-1)42-46-43(29-14-5-2-6-15-29)48-44(47-42)36-27-45-25-24-39(36)49-37-20-9-7-16-32(37)35-26-30(22-23-38(35)49)31-18-11-19-34-33-17-8-10-21-40(33)50-41(31)34/h1-27H. The van der Waals surface area contributed by atoms with Crippen molar-refractivity contribution in [2.75, 3.05) is 0 Å². The van der Waals surface area contributed by atoms with E-state index in [1.807, 2.05) is 84.4 Å². The first-order valence-electron chi connectivity index (χ1n) is 16.6. The summed E-state index contributed by atoms with van der Waals surface area (Å²) >= 11 is 1.86. The highest BCUT2D eigenvalue weighted by atomic mass is 32.1. The van der Waals surface area contributed by atoms with Gasteiger partial charge in [0.2, 0.25) is 0 Å². The second-order valence-electron chi connectivity index (χ2n) is 12.3. The van der Waals surface area contributed by atoms with E-state index in [4.69, 9.17) is 15.0 Å². The summed E-state index contributed by atoms with van der Waals surface area (Å²) < 4.78 is 4.94. The van der Waals surface area contributed by atoms with Crippen molar-refractivity contribution in [2.45, 2.75) is 0 Å². The molecule has 0 aliphatic heterocycles. The van der Waals surface area contributed by atoms with Gasteiger partial charge in [0, 0.05) is 54.5 Å². The first-order valence-corrected chi connectivity index (χ1v) is 17.4. The third-order valence-electron chi connectivity index (χ3n) is 9.37. The summed E-state index contributed by atoms with van der Waals surface area (Å²) in [4.78, 5) is 19.6. The third-order valence-corrected chi connectivity index (χ3v) is 10.6. The Morgan fingerprint density at radius 3 is 1.86 bits per heavy atom. The molecule has 5 nitrogen and oxygen atoms in total. The minimum absolute atomic E-state index is 0.569. The molecule has 10 rings (SSSR count). The zero-order valence-corrected chi connectivity index (χ0v) is 27.5. The van der Waals surface area contributed by atoms with Crippen LogP contribution in [0.4, 0.5) is 0 Å². The molecule has 0 saturated heterocycles. The van der Waals surface area contributed by atoms with Gasteiger partial charge in [0.25, 0.3) is 0 Å². The first-order chi connectivity index (χ1) is 24.8. The van der Waals surface area contributed by atoms with Crippen molar-refractivity contribution < 1.29 is 0 Å². The number of para-hydroxylation sites is 1. The largest absolute Gasteiger partial charge is 0.308 e. The van der Waals surface area contributed by atoms with Crippen LogP contribution in [0.5, 0.6) is 0 Å². The van der Waals surface area contributed by atoms with Gasteiger partial charge in [-0.1, -0.05) is 121 Å². The zero-order chi connectivity index (χ0) is 33.0. The monoisotopic (exact) mass is 657 g/mol. The minimum atomic E-state index is 0.569. The van der Waals surface area contributed by atoms with Crippen LogP contribution >= 0.6 is 11.3 Å². The highest BCUT2D eigenvalue weighted by Gasteiger charge is 2.20. The molecule has 6 aromatic carbocycles. The maximum absolute atomic E-state index is 5.06. The number of fused-ring (bicyclic) bond motifs is 6. The molecule has 0 saturated carbocycles. The first kappa shape index (κ1) is 28.5. The molecule has 0 N–H and O–H groups in total. The predicted molar refractivity (Wildman–Crippen MR) is 207 cm³/mol. The number of benzene rings is 6. The minimum Gasteiger partial charge on any atom is -0.308 e. The van der Waals surface area contributed by atoms with E-state index in [1.54, 1.807) is 0 Å². The summed E-state index contributed by atoms with van der Waals surface area (Å²) in [5, 5.41) is 4.97. The molecule has 0 radical (unpaired) electrons. The van der Waals surface area contributed by atoms with Crippen LogP contribution in [0.3, 0.4) is 0 Å². The average molecular weight is 658 g/mol. The summed E-state index contributed by atoms with van der Waals surface area (Å²) in [7, 11) is 0. The Bertz CT molecular complexity index is 2820. The van der Waals surface area contributed by atoms with Crippen molar-refractivity contribution in [3.8, 4) is 51.0 Å². The Hall–Kier alpha value is -6.50. The molecule has 50 heavy (non-hydrogen) atoms. The Kier molecular flexibility index (Phi) is 6.60. The van der Waals surface area contributed by atoms with Crippen LogP contribution in [0.15, 0.2) is 164 Å². The van der Waals surface area contributed by atoms with Gasteiger partial charge in [-0.2, -0.15) is 0 Å². The van der Waals surface area contributed by atoms with Crippen molar-refractivity contribution in [3.05, 3.63) is 164 Å². The molecule has 0 amide bonds. The van der Waals surface area contributed by atoms with Gasteiger partial charge in [-0.3, -0.25) is 4.98 Å². The van der Waals surface area contributed by atoms with Gasteiger partial charge in [-0.25, -0.2) is 15.0 Å². The quantitative estimate of drug-likeness (QED) is 0.185. The van der Waals surface area contributed by atoms with Crippen molar-refractivity contribution in [1.82, 2.24) is 24.5 Å². The van der Waals surface area contributed by atoms with Gasteiger partial charge >= 0.3 is 0 Å². The lowest BCUT2D eigenvalue weighted by Crippen LogP contribution is -2.04. The number of hydrogen-bond donors (Lipinski definition) is 0. The van der Waals surface area contributed by atoms with E-state index in [9.17, 15) is 0 Å². The molecular weight excluding hydrogens is 631 g/mol. The zero-order valence-electron chi connectivity index (χ0n) is 26.7. The smallest absolute Gasteiger partial charge is 0.167 e. The molecule has 4 aromatic heterocycles. The molecule has 10 aromatic rings. The van der Waals surface area contributed by atoms with E-state index in [0.717, 1.165) is 33.4 Å². The van der Waals surface area contributed by atoms with E-state index < -0.39 is 0 Å². The molecular formula is C44H27N5S. The van der Waals surface area contributed by atoms with Crippen LogP contribution in [0, 0.1) is 0 Å². The lowest BCUT2D eigenvalue weighted by Gasteiger charge is -2.14. The number of pyridine rings is 1. The highest BCUT2D eigenvalue weighted by Crippen LogP contribution is 2.42. The molecule has 0 fully saturated rings. The van der Waals surface area contributed by atoms with Crippen molar-refractivity contribution in [2.24, 2.45) is 0 Å². The van der Waals surface area contributed by atoms with Gasteiger partial charge in [-0.15, -0.1) is 11.3 Å². The molecule has 0 aliphatic rings. The van der Waals surface area contributed by atoms with Crippen molar-refractivity contribution in [3.63, 3.8) is 0 Å². The summed E-state index contributed by atoms with van der Waals surface area (Å²) in [5.74, 6) is 1.80. The van der Waals surface area contributed by atoms with E-state index in [-0.39, 0.29) is 0 Å². The van der Waals surface area contributed by atoms with Crippen molar-refractivity contribution in [1.29, 1.82) is 0 Å². The fourth-order valence-electron chi connectivity index (χ4n) is 7.06. The molecule has 0 unspecified atom stereocenters. The van der Waals surface area contributed by atoms with Gasteiger partial charge in [0.05, 0.1) is 22.3 Å². The summed E-state index contributed by atoms with van der Waals surface area (Å²) in [6.07, 6.45) is 3.71. The molecule has 4 heterocycles. The van der Waals surface area contributed by atoms with Crippen LogP contribution in [-0.4, -0.2) is 24.5 Å². The number of rotatable bonds is 5. The molecule has 6 heteroatoms. The van der Waals surface area contributed by atoms with Crippen LogP contribution in [0.1, 0.15) is 0 Å². The highest BCUT2D eigenvalue weighted by molar-refractivity contribution is 7.26. The number of thiophene rings is 1. The fourth-order valence-corrected chi connectivity index (χ4v) is 8.30. The van der Waals surface area contributed by atoms with E-state index in [1.165, 1.54) is 42.1 Å². The number of hydrogen-bond acceptors (Lipinski definition) is 5. The maximum atomic E-state index is 5.06. The van der Waals surface area contributed by atoms with Gasteiger partial charge in [-0.05, 0) is 41.5 Å². The predicted octanol–water partition coefficient (Wildman–Crippen LogP) is 11.4. The normalized spacial score (nSPS) is 11.6. The number of aromatic nitrogens is 5. The van der Waals surface area contributed by atoms with E-state index in [2.05, 4.69) is 101 Å². The molecule has 0 bridgehead atoms. The Morgan fingerprint density at radius 2 is 1.08 bits per heavy atom. The molecule has 234 valence electrons. The second-order valence-corrected chi connectivity index (χ2v) is 13.3. The van der Waals surface area contributed by atoms with Crippen molar-refractivity contribution >= 4 is 53.3 Å². The van der Waals surface area contributed by atoms with E-state index in [0.29, 0.717) is 17.5 Å². The Balaban J connectivity index is 1.19. The van der Waals surface area contributed by atoms with Crippen LogP contribution < -0.4 is 0 Å². The van der Waals surface area contributed by atoms with Gasteiger partial charge in [0.1, 0.15) is 0 Å². The Labute approximate surface area is 291 Å². The summed E-state index contributed by atoms with van der Waals surface area (Å²) in [6, 6.07) is 53.0. The molecule has 0 aliphatic carbocycles. The topological polar surface area (TPSA) is 56.5 Å². The lowest BCUT2D eigenvalue weighted by atomic mass is 10.0. The summed E-state index contributed by atoms with van der Waals surface area (Å²) in [5.41, 5.74) is 8.29. The average Bonchev–Trinajstić information content (AvgIpc) is 3.74. The van der Waals surface area contributed by atoms with Crippen LogP contribution in [0.25, 0.3) is 93.0 Å². The maximum Gasteiger partial charge on any atom is 0.167 e. The second kappa shape index (κ2) is 11.6. The number of nitrogens with zero attached hydrogens (tertiary/aromatic N) is 5. The fraction of sp³-hybridized carbons (Fsp3) is 0.